The van der Waals surface area contributed by atoms with Crippen molar-refractivity contribution in [2.24, 2.45) is 0 Å². The maximum absolute atomic E-state index is 13.6. The number of nitro groups is 1. The van der Waals surface area contributed by atoms with Crippen LogP contribution in [0.3, 0.4) is 0 Å². The van der Waals surface area contributed by atoms with Crippen LogP contribution in [-0.2, 0) is 52.9 Å². The van der Waals surface area contributed by atoms with Gasteiger partial charge >= 0.3 is 17.1 Å². The Balaban J connectivity index is 0. The second kappa shape index (κ2) is 19.9. The van der Waals surface area contributed by atoms with Crippen molar-refractivity contribution in [1.82, 2.24) is 9.88 Å². The first-order chi connectivity index (χ1) is 21.6. The second-order valence-corrected chi connectivity index (χ2v) is 13.7. The standard InChI is InChI=1S/C32H43N3O4.2CH4O.Cu.NO3/c1-30(2,3)23-14-21(28(36)26(16-23)31(4,5)6)18-34(20-24-12-10-11-13-33-24)19-22-15-25(35(38)39)17-27(29(22)37)32(7,8)9;2*1-2;;2-1(3)4/h10-17,36-37H,18-20H2,1-9H3;2*2H,1H3;;/q;;;+2;-1/p-1. The maximum Gasteiger partial charge on any atom is 2.00 e. The van der Waals surface area contributed by atoms with E-state index in [0.29, 0.717) is 24.2 Å². The topological polar surface area (TPSA) is 209 Å². The van der Waals surface area contributed by atoms with Crippen molar-refractivity contribution >= 4 is 5.69 Å². The number of benzene rings is 2. The molecule has 1 aromatic heterocycles. The Morgan fingerprint density at radius 2 is 1.23 bits per heavy atom. The third kappa shape index (κ3) is 14.5. The molecule has 1 radical (unpaired) electrons. The van der Waals surface area contributed by atoms with Crippen molar-refractivity contribution < 1.29 is 47.5 Å². The molecule has 0 spiro atoms. The van der Waals surface area contributed by atoms with Gasteiger partial charge in [-0.05, 0) is 50.6 Å². The van der Waals surface area contributed by atoms with E-state index in [9.17, 15) is 20.3 Å². The molecular formula is C34H50CuN4O9. The van der Waals surface area contributed by atoms with Crippen molar-refractivity contribution in [1.29, 1.82) is 0 Å². The largest absolute Gasteiger partial charge is 2.00 e. The molecule has 3 N–H and O–H groups in total. The van der Waals surface area contributed by atoms with Crippen LogP contribution in [0.2, 0.25) is 0 Å². The minimum atomic E-state index is -1.75. The van der Waals surface area contributed by atoms with Gasteiger partial charge in [0, 0.05) is 57.7 Å². The summed E-state index contributed by atoms with van der Waals surface area (Å²) in [6.07, 6.45) is 1.72. The molecule has 0 fully saturated rings. The van der Waals surface area contributed by atoms with Gasteiger partial charge in [-0.2, -0.15) is 0 Å². The number of rotatable bonds is 7. The van der Waals surface area contributed by atoms with Crippen molar-refractivity contribution in [3.05, 3.63) is 108 Å². The molecule has 0 amide bonds. The van der Waals surface area contributed by atoms with Crippen molar-refractivity contribution in [3.8, 4) is 11.5 Å². The summed E-state index contributed by atoms with van der Waals surface area (Å²) < 4.78 is 0. The van der Waals surface area contributed by atoms with Crippen LogP contribution in [0, 0.1) is 25.4 Å². The molecule has 0 aliphatic heterocycles. The zero-order chi connectivity index (χ0) is 36.9. The number of non-ortho nitro benzene ring substituents is 1. The number of hydrogen-bond acceptors (Lipinski definition) is 11. The number of phenolic OH excluding ortho intramolecular Hbond substituents is 1. The minimum Gasteiger partial charge on any atom is -0.872 e. The fourth-order valence-electron chi connectivity index (χ4n) is 4.64. The number of nitrogens with zero attached hydrogens (tertiary/aromatic N) is 4. The minimum absolute atomic E-state index is 0. The summed E-state index contributed by atoms with van der Waals surface area (Å²) in [5.74, 6) is 0.0421. The summed E-state index contributed by atoms with van der Waals surface area (Å²) in [6, 6.07) is 12.5. The fraction of sp³-hybridized carbons (Fsp3) is 0.500. The van der Waals surface area contributed by atoms with Crippen LogP contribution in [0.25, 0.3) is 0 Å². The number of aliphatic hydroxyl groups excluding tert-OH is 2. The Morgan fingerprint density at radius 3 is 1.65 bits per heavy atom. The molecule has 0 atom stereocenters. The van der Waals surface area contributed by atoms with E-state index >= 15 is 0 Å². The summed E-state index contributed by atoms with van der Waals surface area (Å²) in [5, 5.41) is 65.5. The van der Waals surface area contributed by atoms with Gasteiger partial charge in [-0.25, -0.2) is 0 Å². The molecule has 0 aliphatic carbocycles. The number of hydrogen-bond donors (Lipinski definition) is 3. The summed E-state index contributed by atoms with van der Waals surface area (Å²) >= 11 is 0. The van der Waals surface area contributed by atoms with Gasteiger partial charge in [-0.1, -0.05) is 80.5 Å². The molecule has 13 nitrogen and oxygen atoms in total. The Hall–Kier alpha value is -3.81. The van der Waals surface area contributed by atoms with Gasteiger partial charge in [-0.3, -0.25) is 20.0 Å². The van der Waals surface area contributed by atoms with Gasteiger partial charge in [0.25, 0.3) is 5.69 Å². The normalized spacial score (nSPS) is 11.0. The van der Waals surface area contributed by atoms with Crippen molar-refractivity contribution in [2.75, 3.05) is 14.2 Å². The number of phenols is 1. The van der Waals surface area contributed by atoms with E-state index in [4.69, 9.17) is 25.5 Å². The molecule has 0 saturated carbocycles. The summed E-state index contributed by atoms with van der Waals surface area (Å²) in [5.41, 5.74) is 3.21. The average molecular weight is 722 g/mol. The van der Waals surface area contributed by atoms with Crippen LogP contribution in [0.5, 0.6) is 11.5 Å². The molecule has 14 heteroatoms. The molecule has 0 unspecified atom stereocenters. The first-order valence-corrected chi connectivity index (χ1v) is 14.8. The Kier molecular flexibility index (Phi) is 19.2. The molecule has 0 bridgehead atoms. The van der Waals surface area contributed by atoms with Crippen LogP contribution in [0.4, 0.5) is 5.69 Å². The Morgan fingerprint density at radius 1 is 0.729 bits per heavy atom. The van der Waals surface area contributed by atoms with Gasteiger partial charge in [-0.15, -0.1) is 5.75 Å². The first-order valence-electron chi connectivity index (χ1n) is 14.8. The average Bonchev–Trinajstić information content (AvgIpc) is 2.95. The number of aliphatic hydroxyl groups is 2. The molecule has 3 rings (SSSR count). The van der Waals surface area contributed by atoms with Gasteiger partial charge in [0.2, 0.25) is 0 Å². The van der Waals surface area contributed by atoms with Crippen LogP contribution < -0.4 is 5.11 Å². The molecule has 1 heterocycles. The van der Waals surface area contributed by atoms with E-state index in [0.717, 1.165) is 36.6 Å². The van der Waals surface area contributed by atoms with Crippen molar-refractivity contribution in [3.63, 3.8) is 0 Å². The Labute approximate surface area is 294 Å². The van der Waals surface area contributed by atoms with E-state index in [1.165, 1.54) is 12.1 Å². The summed E-state index contributed by atoms with van der Waals surface area (Å²) in [7, 11) is 2.00. The Bertz CT molecular complexity index is 1450. The van der Waals surface area contributed by atoms with E-state index in [-0.39, 0.29) is 51.6 Å². The van der Waals surface area contributed by atoms with Gasteiger partial charge in [0.05, 0.1) is 15.7 Å². The third-order valence-corrected chi connectivity index (χ3v) is 6.93. The van der Waals surface area contributed by atoms with Crippen LogP contribution in [0.15, 0.2) is 48.7 Å². The van der Waals surface area contributed by atoms with E-state index in [1.54, 1.807) is 6.20 Å². The SMILES string of the molecule is CC(C)(C)c1cc(CN(Cc2ccccn2)Cc2cc([N+](=O)[O-])cc(C(C)(C)C)c2[O-])c(O)c(C(C)(C)C)c1.CO.CO.O=[N+]([O-])[O-].[Cu+2]. The zero-order valence-corrected chi connectivity index (χ0v) is 30.6. The molecular weight excluding hydrogens is 672 g/mol. The monoisotopic (exact) mass is 721 g/mol. The van der Waals surface area contributed by atoms with Gasteiger partial charge < -0.3 is 35.7 Å². The molecule has 271 valence electrons. The number of aromatic nitrogens is 1. The number of aromatic hydroxyl groups is 1. The van der Waals surface area contributed by atoms with E-state index < -0.39 is 15.4 Å². The van der Waals surface area contributed by atoms with Crippen molar-refractivity contribution in [2.45, 2.75) is 98.2 Å². The van der Waals surface area contributed by atoms with Crippen LogP contribution >= 0.6 is 0 Å². The predicted octanol–water partition coefficient (Wildman–Crippen LogP) is 5.84. The van der Waals surface area contributed by atoms with Crippen LogP contribution in [0.1, 0.15) is 95.8 Å². The predicted molar refractivity (Wildman–Crippen MR) is 181 cm³/mol. The summed E-state index contributed by atoms with van der Waals surface area (Å²) in [4.78, 5) is 26.1. The molecule has 2 aromatic carbocycles. The van der Waals surface area contributed by atoms with Crippen LogP contribution in [-0.4, -0.2) is 49.4 Å². The summed E-state index contributed by atoms with van der Waals surface area (Å²) in [6.45, 7) is 19.2. The zero-order valence-electron chi connectivity index (χ0n) is 29.6. The molecule has 3 aromatic rings. The number of pyridine rings is 1. The van der Waals surface area contributed by atoms with Gasteiger partial charge in [0.15, 0.2) is 0 Å². The third-order valence-electron chi connectivity index (χ3n) is 6.93. The number of nitro benzene ring substituents is 1. The maximum atomic E-state index is 13.6. The quantitative estimate of drug-likeness (QED) is 0.150. The molecule has 0 saturated heterocycles. The smallest absolute Gasteiger partial charge is 0.872 e. The van der Waals surface area contributed by atoms with Gasteiger partial charge in [0.1, 0.15) is 5.75 Å². The second-order valence-electron chi connectivity index (χ2n) is 13.7. The fourth-order valence-corrected chi connectivity index (χ4v) is 4.64. The van der Waals surface area contributed by atoms with E-state index in [2.05, 4.69) is 52.6 Å². The molecule has 48 heavy (non-hydrogen) atoms. The van der Waals surface area contributed by atoms with E-state index in [1.807, 2.05) is 49.9 Å². The molecule has 0 aliphatic rings. The first kappa shape index (κ1) is 46.3.